The zero-order chi connectivity index (χ0) is 12.5. The SMILES string of the molecule is CNCc1ccn(CCCOCCOC)c1C. The monoisotopic (exact) mass is 240 g/mol. The van der Waals surface area contributed by atoms with E-state index in [1.165, 1.54) is 11.3 Å². The van der Waals surface area contributed by atoms with Gasteiger partial charge in [0.2, 0.25) is 0 Å². The predicted molar refractivity (Wildman–Crippen MR) is 69.2 cm³/mol. The molecule has 17 heavy (non-hydrogen) atoms. The second kappa shape index (κ2) is 8.28. The molecule has 0 saturated heterocycles. The fourth-order valence-electron chi connectivity index (χ4n) is 1.80. The Kier molecular flexibility index (Phi) is 6.93. The molecule has 0 radical (unpaired) electrons. The van der Waals surface area contributed by atoms with E-state index in [0.29, 0.717) is 13.2 Å². The van der Waals surface area contributed by atoms with Crippen LogP contribution in [-0.2, 0) is 22.6 Å². The highest BCUT2D eigenvalue weighted by molar-refractivity contribution is 5.20. The zero-order valence-corrected chi connectivity index (χ0v) is 11.2. The summed E-state index contributed by atoms with van der Waals surface area (Å²) in [5.41, 5.74) is 2.71. The van der Waals surface area contributed by atoms with Crippen LogP contribution in [0.4, 0.5) is 0 Å². The van der Waals surface area contributed by atoms with Crippen molar-refractivity contribution < 1.29 is 9.47 Å². The molecule has 1 aromatic heterocycles. The van der Waals surface area contributed by atoms with Crippen molar-refractivity contribution in [3.63, 3.8) is 0 Å². The Hall–Kier alpha value is -0.840. The fraction of sp³-hybridized carbons (Fsp3) is 0.692. The summed E-state index contributed by atoms with van der Waals surface area (Å²) in [6.07, 6.45) is 3.19. The first-order valence-corrected chi connectivity index (χ1v) is 6.15. The van der Waals surface area contributed by atoms with Crippen molar-refractivity contribution in [1.29, 1.82) is 0 Å². The number of nitrogens with one attached hydrogen (secondary N) is 1. The Morgan fingerprint density at radius 1 is 1.29 bits per heavy atom. The van der Waals surface area contributed by atoms with Crippen molar-refractivity contribution in [2.45, 2.75) is 26.4 Å². The maximum atomic E-state index is 5.44. The maximum absolute atomic E-state index is 5.44. The van der Waals surface area contributed by atoms with Gasteiger partial charge in [-0.3, -0.25) is 0 Å². The lowest BCUT2D eigenvalue weighted by atomic mass is 10.2. The minimum absolute atomic E-state index is 0.675. The van der Waals surface area contributed by atoms with E-state index in [1.807, 2.05) is 7.05 Å². The summed E-state index contributed by atoms with van der Waals surface area (Å²) < 4.78 is 12.6. The smallest absolute Gasteiger partial charge is 0.0700 e. The van der Waals surface area contributed by atoms with E-state index in [-0.39, 0.29) is 0 Å². The lowest BCUT2D eigenvalue weighted by Crippen LogP contribution is -2.09. The topological polar surface area (TPSA) is 35.4 Å². The van der Waals surface area contributed by atoms with Crippen LogP contribution >= 0.6 is 0 Å². The van der Waals surface area contributed by atoms with E-state index in [1.54, 1.807) is 7.11 Å². The number of nitrogens with zero attached hydrogens (tertiary/aromatic N) is 1. The number of methoxy groups -OCH3 is 1. The third-order valence-electron chi connectivity index (χ3n) is 2.84. The average Bonchev–Trinajstić information content (AvgIpc) is 2.67. The van der Waals surface area contributed by atoms with Gasteiger partial charge in [-0.25, -0.2) is 0 Å². The van der Waals surface area contributed by atoms with E-state index in [4.69, 9.17) is 9.47 Å². The van der Waals surface area contributed by atoms with Gasteiger partial charge in [-0.15, -0.1) is 0 Å². The van der Waals surface area contributed by atoms with E-state index < -0.39 is 0 Å². The Morgan fingerprint density at radius 3 is 2.82 bits per heavy atom. The van der Waals surface area contributed by atoms with Crippen LogP contribution in [-0.4, -0.2) is 38.5 Å². The standard InChI is InChI=1S/C13H24N2O2/c1-12-13(11-14-2)5-7-15(12)6-4-8-17-10-9-16-3/h5,7,14H,4,6,8-11H2,1-3H3. The van der Waals surface area contributed by atoms with Gasteiger partial charge in [0, 0.05) is 38.7 Å². The van der Waals surface area contributed by atoms with E-state index >= 15 is 0 Å². The normalized spacial score (nSPS) is 11.0. The summed E-state index contributed by atoms with van der Waals surface area (Å²) in [5, 5.41) is 3.18. The number of hydrogen-bond donors (Lipinski definition) is 1. The molecule has 1 aromatic rings. The maximum Gasteiger partial charge on any atom is 0.0700 e. The second-order valence-corrected chi connectivity index (χ2v) is 4.11. The molecule has 0 aliphatic carbocycles. The molecule has 0 fully saturated rings. The highest BCUT2D eigenvalue weighted by Gasteiger charge is 2.03. The molecule has 4 heteroatoms. The number of hydrogen-bond acceptors (Lipinski definition) is 3. The lowest BCUT2D eigenvalue weighted by molar-refractivity contribution is 0.0680. The van der Waals surface area contributed by atoms with Crippen molar-refractivity contribution in [1.82, 2.24) is 9.88 Å². The van der Waals surface area contributed by atoms with Crippen LogP contribution < -0.4 is 5.32 Å². The molecule has 4 nitrogen and oxygen atoms in total. The Balaban J connectivity index is 2.22. The van der Waals surface area contributed by atoms with Crippen LogP contribution in [0.25, 0.3) is 0 Å². The number of aryl methyl sites for hydroxylation is 1. The largest absolute Gasteiger partial charge is 0.382 e. The highest BCUT2D eigenvalue weighted by atomic mass is 16.5. The number of aromatic nitrogens is 1. The van der Waals surface area contributed by atoms with Gasteiger partial charge in [0.05, 0.1) is 13.2 Å². The van der Waals surface area contributed by atoms with E-state index in [9.17, 15) is 0 Å². The molecule has 0 amide bonds. The molecule has 0 unspecified atom stereocenters. The quantitative estimate of drug-likeness (QED) is 0.665. The first-order valence-electron chi connectivity index (χ1n) is 6.15. The van der Waals surface area contributed by atoms with Crippen molar-refractivity contribution in [3.8, 4) is 0 Å². The van der Waals surface area contributed by atoms with Crippen LogP contribution in [0.1, 0.15) is 17.7 Å². The molecule has 0 aromatic carbocycles. The molecule has 0 aliphatic heterocycles. The molecule has 0 atom stereocenters. The van der Waals surface area contributed by atoms with Gasteiger partial charge in [0.1, 0.15) is 0 Å². The summed E-state index contributed by atoms with van der Waals surface area (Å²) in [5.74, 6) is 0. The Morgan fingerprint density at radius 2 is 2.12 bits per heavy atom. The van der Waals surface area contributed by atoms with Gasteiger partial charge in [0.25, 0.3) is 0 Å². The Bertz CT molecular complexity index is 310. The second-order valence-electron chi connectivity index (χ2n) is 4.11. The molecule has 1 rings (SSSR count). The molecular weight excluding hydrogens is 216 g/mol. The molecule has 1 heterocycles. The van der Waals surface area contributed by atoms with Gasteiger partial charge in [-0.2, -0.15) is 0 Å². The molecule has 98 valence electrons. The fourth-order valence-corrected chi connectivity index (χ4v) is 1.80. The van der Waals surface area contributed by atoms with Gasteiger partial charge < -0.3 is 19.4 Å². The first-order chi connectivity index (χ1) is 8.29. The molecular formula is C13H24N2O2. The van der Waals surface area contributed by atoms with Gasteiger partial charge in [-0.05, 0) is 32.0 Å². The highest BCUT2D eigenvalue weighted by Crippen LogP contribution is 2.10. The zero-order valence-electron chi connectivity index (χ0n) is 11.2. The van der Waals surface area contributed by atoms with Crippen LogP contribution in [0.3, 0.4) is 0 Å². The van der Waals surface area contributed by atoms with Gasteiger partial charge in [0.15, 0.2) is 0 Å². The van der Waals surface area contributed by atoms with Crippen molar-refractivity contribution >= 4 is 0 Å². The average molecular weight is 240 g/mol. The third-order valence-corrected chi connectivity index (χ3v) is 2.84. The minimum atomic E-state index is 0.675. The van der Waals surface area contributed by atoms with Crippen LogP contribution in [0.15, 0.2) is 12.3 Å². The molecule has 0 saturated carbocycles. The minimum Gasteiger partial charge on any atom is -0.382 e. The van der Waals surface area contributed by atoms with Crippen LogP contribution in [0.2, 0.25) is 0 Å². The van der Waals surface area contributed by atoms with E-state index in [0.717, 1.165) is 26.1 Å². The summed E-state index contributed by atoms with van der Waals surface area (Å²) in [6.45, 7) is 6.27. The van der Waals surface area contributed by atoms with Crippen molar-refractivity contribution in [2.75, 3.05) is 34.0 Å². The Labute approximate surface area is 104 Å². The van der Waals surface area contributed by atoms with Gasteiger partial charge in [-0.1, -0.05) is 0 Å². The van der Waals surface area contributed by atoms with Crippen LogP contribution in [0.5, 0.6) is 0 Å². The summed E-state index contributed by atoms with van der Waals surface area (Å²) in [7, 11) is 3.66. The lowest BCUT2D eigenvalue weighted by Gasteiger charge is -2.08. The number of ether oxygens (including phenoxy) is 2. The summed E-state index contributed by atoms with van der Waals surface area (Å²) in [4.78, 5) is 0. The molecule has 0 aliphatic rings. The third kappa shape index (κ3) is 4.89. The predicted octanol–water partition coefficient (Wildman–Crippen LogP) is 1.57. The molecule has 1 N–H and O–H groups in total. The first kappa shape index (κ1) is 14.2. The number of rotatable bonds is 9. The molecule has 0 bridgehead atoms. The van der Waals surface area contributed by atoms with Gasteiger partial charge >= 0.3 is 0 Å². The van der Waals surface area contributed by atoms with Crippen LogP contribution in [0, 0.1) is 6.92 Å². The molecule has 0 spiro atoms. The van der Waals surface area contributed by atoms with Crippen molar-refractivity contribution in [3.05, 3.63) is 23.5 Å². The van der Waals surface area contributed by atoms with E-state index in [2.05, 4.69) is 29.1 Å². The van der Waals surface area contributed by atoms with Crippen molar-refractivity contribution in [2.24, 2.45) is 0 Å². The summed E-state index contributed by atoms with van der Waals surface area (Å²) in [6, 6.07) is 2.18. The summed E-state index contributed by atoms with van der Waals surface area (Å²) >= 11 is 0.